The third-order valence-electron chi connectivity index (χ3n) is 3.53. The minimum absolute atomic E-state index is 0.0980. The Bertz CT molecular complexity index is 599. The summed E-state index contributed by atoms with van der Waals surface area (Å²) in [6.45, 7) is 2.57. The van der Waals surface area contributed by atoms with E-state index >= 15 is 0 Å². The first-order chi connectivity index (χ1) is 10.7. The molecule has 0 radical (unpaired) electrons. The smallest absolute Gasteiger partial charge is 0.319 e. The van der Waals surface area contributed by atoms with Gasteiger partial charge < -0.3 is 15.7 Å². The zero-order valence-corrected chi connectivity index (χ0v) is 12.8. The summed E-state index contributed by atoms with van der Waals surface area (Å²) in [5, 5.41) is 14.9. The molecule has 2 rings (SSSR count). The molecule has 0 fully saturated rings. The Hall–Kier alpha value is -2.33. The summed E-state index contributed by atoms with van der Waals surface area (Å²) in [5.41, 5.74) is 2.99. The minimum atomic E-state index is -0.232. The van der Waals surface area contributed by atoms with Crippen LogP contribution in [0.25, 0.3) is 0 Å². The molecule has 0 aliphatic heterocycles. The van der Waals surface area contributed by atoms with Crippen LogP contribution in [0.1, 0.15) is 23.5 Å². The molecule has 2 amide bonds. The second-order valence-electron chi connectivity index (χ2n) is 5.32. The van der Waals surface area contributed by atoms with Crippen molar-refractivity contribution in [1.82, 2.24) is 5.32 Å². The van der Waals surface area contributed by atoms with Crippen molar-refractivity contribution >= 4 is 11.7 Å². The molecule has 2 aromatic rings. The molecule has 0 saturated carbocycles. The molecule has 2 aromatic carbocycles. The van der Waals surface area contributed by atoms with Crippen molar-refractivity contribution in [2.75, 3.05) is 18.5 Å². The summed E-state index contributed by atoms with van der Waals surface area (Å²) in [7, 11) is 0. The molecule has 1 unspecified atom stereocenters. The number of aryl methyl sites for hydroxylation is 1. The van der Waals surface area contributed by atoms with E-state index in [0.29, 0.717) is 13.0 Å². The Kier molecular flexibility index (Phi) is 5.98. The van der Waals surface area contributed by atoms with Gasteiger partial charge in [0, 0.05) is 24.8 Å². The normalized spacial score (nSPS) is 11.7. The highest BCUT2D eigenvalue weighted by atomic mass is 16.3. The van der Waals surface area contributed by atoms with E-state index in [4.69, 9.17) is 0 Å². The van der Waals surface area contributed by atoms with Crippen molar-refractivity contribution in [3.05, 3.63) is 65.7 Å². The fourth-order valence-electron chi connectivity index (χ4n) is 2.38. The van der Waals surface area contributed by atoms with Gasteiger partial charge in [-0.25, -0.2) is 4.79 Å². The number of benzene rings is 2. The molecule has 4 heteroatoms. The van der Waals surface area contributed by atoms with E-state index in [1.54, 1.807) is 0 Å². The molecule has 3 N–H and O–H groups in total. The average Bonchev–Trinajstić information content (AvgIpc) is 2.52. The van der Waals surface area contributed by atoms with Gasteiger partial charge in [-0.3, -0.25) is 0 Å². The summed E-state index contributed by atoms with van der Waals surface area (Å²) >= 11 is 0. The summed E-state index contributed by atoms with van der Waals surface area (Å²) in [6.07, 6.45) is 0.620. The van der Waals surface area contributed by atoms with Gasteiger partial charge in [-0.15, -0.1) is 0 Å². The van der Waals surface area contributed by atoms with Gasteiger partial charge in [0.1, 0.15) is 0 Å². The monoisotopic (exact) mass is 298 g/mol. The van der Waals surface area contributed by atoms with Gasteiger partial charge in [0.25, 0.3) is 0 Å². The van der Waals surface area contributed by atoms with Crippen molar-refractivity contribution in [1.29, 1.82) is 0 Å². The van der Waals surface area contributed by atoms with Gasteiger partial charge in [-0.2, -0.15) is 0 Å². The van der Waals surface area contributed by atoms with E-state index in [-0.39, 0.29) is 18.6 Å². The van der Waals surface area contributed by atoms with E-state index < -0.39 is 0 Å². The molecule has 0 spiro atoms. The highest BCUT2D eigenvalue weighted by Crippen LogP contribution is 2.18. The molecule has 4 nitrogen and oxygen atoms in total. The Balaban J connectivity index is 1.90. The van der Waals surface area contributed by atoms with E-state index in [2.05, 4.69) is 10.6 Å². The van der Waals surface area contributed by atoms with Crippen LogP contribution in [0.15, 0.2) is 54.6 Å². The maximum absolute atomic E-state index is 12.0. The molecule has 1 atom stereocenters. The second kappa shape index (κ2) is 8.20. The highest BCUT2D eigenvalue weighted by Gasteiger charge is 2.12. The first-order valence-electron chi connectivity index (χ1n) is 7.46. The van der Waals surface area contributed by atoms with Crippen LogP contribution in [0.5, 0.6) is 0 Å². The minimum Gasteiger partial charge on any atom is -0.396 e. The summed E-state index contributed by atoms with van der Waals surface area (Å²) in [4.78, 5) is 12.0. The second-order valence-corrected chi connectivity index (χ2v) is 5.32. The standard InChI is InChI=1S/C18H22N2O2/c1-14-6-5-9-17(12-14)20-18(22)19-13-16(10-11-21)15-7-3-2-4-8-15/h2-9,12,16,21H,10-11,13H2,1H3,(H2,19,20,22). The predicted octanol–water partition coefficient (Wildman–Crippen LogP) is 3.28. The largest absolute Gasteiger partial charge is 0.396 e. The molecule has 0 saturated heterocycles. The first kappa shape index (κ1) is 16.0. The highest BCUT2D eigenvalue weighted by molar-refractivity contribution is 5.89. The van der Waals surface area contributed by atoms with E-state index in [1.807, 2.05) is 61.5 Å². The summed E-state index contributed by atoms with van der Waals surface area (Å²) < 4.78 is 0. The molecule has 0 aromatic heterocycles. The van der Waals surface area contributed by atoms with Crippen LogP contribution in [0.3, 0.4) is 0 Å². The fourth-order valence-corrected chi connectivity index (χ4v) is 2.38. The lowest BCUT2D eigenvalue weighted by atomic mass is 9.96. The molecular formula is C18H22N2O2. The Morgan fingerprint density at radius 1 is 1.14 bits per heavy atom. The van der Waals surface area contributed by atoms with E-state index in [9.17, 15) is 9.90 Å². The SMILES string of the molecule is Cc1cccc(NC(=O)NCC(CCO)c2ccccc2)c1. The lowest BCUT2D eigenvalue weighted by Gasteiger charge is -2.17. The third-order valence-corrected chi connectivity index (χ3v) is 3.53. The van der Waals surface area contributed by atoms with Crippen LogP contribution in [-0.4, -0.2) is 24.3 Å². The topological polar surface area (TPSA) is 61.4 Å². The summed E-state index contributed by atoms with van der Waals surface area (Å²) in [6, 6.07) is 17.3. The Morgan fingerprint density at radius 3 is 2.59 bits per heavy atom. The molecule has 116 valence electrons. The van der Waals surface area contributed by atoms with Crippen LogP contribution in [0.4, 0.5) is 10.5 Å². The van der Waals surface area contributed by atoms with Crippen LogP contribution in [0, 0.1) is 6.92 Å². The van der Waals surface area contributed by atoms with Crippen molar-refractivity contribution in [3.8, 4) is 0 Å². The number of amides is 2. The Morgan fingerprint density at radius 2 is 1.91 bits per heavy atom. The zero-order chi connectivity index (χ0) is 15.8. The average molecular weight is 298 g/mol. The fraction of sp³-hybridized carbons (Fsp3) is 0.278. The number of urea groups is 1. The molecule has 0 bridgehead atoms. The number of nitrogens with one attached hydrogen (secondary N) is 2. The van der Waals surface area contributed by atoms with Crippen molar-refractivity contribution in [2.45, 2.75) is 19.3 Å². The van der Waals surface area contributed by atoms with Gasteiger partial charge in [-0.1, -0.05) is 42.5 Å². The number of carbonyl (C=O) groups is 1. The van der Waals surface area contributed by atoms with E-state index in [0.717, 1.165) is 16.8 Å². The molecule has 0 heterocycles. The molecule has 22 heavy (non-hydrogen) atoms. The van der Waals surface area contributed by atoms with Gasteiger partial charge in [0.15, 0.2) is 0 Å². The number of hydrogen-bond acceptors (Lipinski definition) is 2. The van der Waals surface area contributed by atoms with Gasteiger partial charge >= 0.3 is 6.03 Å². The Labute approximate surface area is 131 Å². The predicted molar refractivity (Wildman–Crippen MR) is 89.1 cm³/mol. The van der Waals surface area contributed by atoms with E-state index in [1.165, 1.54) is 0 Å². The lowest BCUT2D eigenvalue weighted by Crippen LogP contribution is -2.32. The first-order valence-corrected chi connectivity index (χ1v) is 7.46. The molecule has 0 aliphatic rings. The lowest BCUT2D eigenvalue weighted by molar-refractivity contribution is 0.248. The number of hydrogen-bond donors (Lipinski definition) is 3. The number of rotatable bonds is 6. The van der Waals surface area contributed by atoms with Crippen LogP contribution >= 0.6 is 0 Å². The number of aliphatic hydroxyl groups excluding tert-OH is 1. The number of anilines is 1. The van der Waals surface area contributed by atoms with Crippen LogP contribution in [-0.2, 0) is 0 Å². The van der Waals surface area contributed by atoms with Crippen LogP contribution in [0.2, 0.25) is 0 Å². The van der Waals surface area contributed by atoms with Gasteiger partial charge in [0.05, 0.1) is 0 Å². The maximum Gasteiger partial charge on any atom is 0.319 e. The van der Waals surface area contributed by atoms with Crippen LogP contribution < -0.4 is 10.6 Å². The zero-order valence-electron chi connectivity index (χ0n) is 12.8. The number of carbonyl (C=O) groups excluding carboxylic acids is 1. The van der Waals surface area contributed by atoms with Crippen molar-refractivity contribution in [2.24, 2.45) is 0 Å². The maximum atomic E-state index is 12.0. The van der Waals surface area contributed by atoms with Crippen molar-refractivity contribution in [3.63, 3.8) is 0 Å². The molecular weight excluding hydrogens is 276 g/mol. The number of aliphatic hydroxyl groups is 1. The third kappa shape index (κ3) is 4.90. The quantitative estimate of drug-likeness (QED) is 0.766. The molecule has 0 aliphatic carbocycles. The van der Waals surface area contributed by atoms with Gasteiger partial charge in [0.2, 0.25) is 0 Å². The van der Waals surface area contributed by atoms with Crippen molar-refractivity contribution < 1.29 is 9.90 Å². The van der Waals surface area contributed by atoms with Gasteiger partial charge in [-0.05, 0) is 36.6 Å². The summed E-state index contributed by atoms with van der Waals surface area (Å²) in [5.74, 6) is 0.106.